The quantitative estimate of drug-likeness (QED) is 0.876. The van der Waals surface area contributed by atoms with Crippen molar-refractivity contribution in [2.75, 3.05) is 12.8 Å². The van der Waals surface area contributed by atoms with Crippen LogP contribution in [-0.4, -0.2) is 17.1 Å². The molecule has 5 nitrogen and oxygen atoms in total. The van der Waals surface area contributed by atoms with Gasteiger partial charge in [-0.2, -0.15) is 4.98 Å². The zero-order valence-corrected chi connectivity index (χ0v) is 9.68. The highest BCUT2D eigenvalue weighted by molar-refractivity contribution is 5.44. The Balaban J connectivity index is 2.29. The van der Waals surface area contributed by atoms with Crippen LogP contribution in [0, 0.1) is 6.92 Å². The summed E-state index contributed by atoms with van der Waals surface area (Å²) in [7, 11) is 1.59. The molecule has 1 aromatic carbocycles. The van der Waals surface area contributed by atoms with E-state index in [9.17, 15) is 0 Å². The third kappa shape index (κ3) is 2.63. The molecule has 0 amide bonds. The molecule has 1 aromatic heterocycles. The topological polar surface area (TPSA) is 70.3 Å². The molecule has 17 heavy (non-hydrogen) atoms. The normalized spacial score (nSPS) is 10.0. The number of anilines is 1. The molecule has 88 valence electrons. The van der Waals surface area contributed by atoms with E-state index in [1.165, 1.54) is 0 Å². The second kappa shape index (κ2) is 4.69. The first kappa shape index (κ1) is 11.2. The van der Waals surface area contributed by atoms with Crippen molar-refractivity contribution < 1.29 is 9.47 Å². The van der Waals surface area contributed by atoms with E-state index in [4.69, 9.17) is 15.2 Å². The van der Waals surface area contributed by atoms with Gasteiger partial charge in [-0.1, -0.05) is 6.07 Å². The summed E-state index contributed by atoms with van der Waals surface area (Å²) in [5, 5.41) is 0. The number of nitrogens with zero attached hydrogens (tertiary/aromatic N) is 2. The van der Waals surface area contributed by atoms with Gasteiger partial charge in [-0.05, 0) is 24.6 Å². The fourth-order valence-electron chi connectivity index (χ4n) is 1.39. The number of rotatable bonds is 3. The van der Waals surface area contributed by atoms with Gasteiger partial charge in [0.15, 0.2) is 11.5 Å². The van der Waals surface area contributed by atoms with Crippen LogP contribution in [0.15, 0.2) is 30.5 Å². The Morgan fingerprint density at radius 1 is 1.18 bits per heavy atom. The number of hydrogen-bond acceptors (Lipinski definition) is 5. The van der Waals surface area contributed by atoms with Crippen LogP contribution in [-0.2, 0) is 0 Å². The summed E-state index contributed by atoms with van der Waals surface area (Å²) in [5.41, 5.74) is 6.57. The SMILES string of the molecule is COc1cc(C)ccc1Oc1ccnc(N)n1. The smallest absolute Gasteiger partial charge is 0.224 e. The van der Waals surface area contributed by atoms with E-state index in [2.05, 4.69) is 9.97 Å². The minimum absolute atomic E-state index is 0.175. The van der Waals surface area contributed by atoms with Crippen molar-refractivity contribution in [1.82, 2.24) is 9.97 Å². The van der Waals surface area contributed by atoms with Crippen LogP contribution in [0.25, 0.3) is 0 Å². The Morgan fingerprint density at radius 3 is 2.71 bits per heavy atom. The first-order chi connectivity index (χ1) is 8.19. The number of ether oxygens (including phenoxy) is 2. The molecule has 0 aliphatic rings. The first-order valence-electron chi connectivity index (χ1n) is 5.10. The summed E-state index contributed by atoms with van der Waals surface area (Å²) < 4.78 is 10.8. The number of nitrogen functional groups attached to an aromatic ring is 1. The largest absolute Gasteiger partial charge is 0.493 e. The Bertz CT molecular complexity index is 529. The lowest BCUT2D eigenvalue weighted by atomic mass is 10.2. The van der Waals surface area contributed by atoms with Gasteiger partial charge < -0.3 is 15.2 Å². The monoisotopic (exact) mass is 231 g/mol. The third-order valence-electron chi connectivity index (χ3n) is 2.18. The second-order valence-electron chi connectivity index (χ2n) is 3.51. The van der Waals surface area contributed by atoms with Crippen molar-refractivity contribution >= 4 is 5.95 Å². The van der Waals surface area contributed by atoms with Gasteiger partial charge in [0.1, 0.15) is 0 Å². The standard InChI is InChI=1S/C12H13N3O2/c1-8-3-4-9(10(7-8)16-2)17-11-5-6-14-12(13)15-11/h3-7H,1-2H3,(H2,13,14,15). The molecular weight excluding hydrogens is 218 g/mol. The van der Waals surface area contributed by atoms with Crippen LogP contribution < -0.4 is 15.2 Å². The summed E-state index contributed by atoms with van der Waals surface area (Å²) >= 11 is 0. The molecule has 5 heteroatoms. The highest BCUT2D eigenvalue weighted by atomic mass is 16.5. The number of aryl methyl sites for hydroxylation is 1. The molecule has 1 heterocycles. The van der Waals surface area contributed by atoms with Crippen LogP contribution in [0.5, 0.6) is 17.4 Å². The van der Waals surface area contributed by atoms with E-state index in [1.54, 1.807) is 19.4 Å². The molecule has 0 fully saturated rings. The van der Waals surface area contributed by atoms with Gasteiger partial charge in [-0.15, -0.1) is 0 Å². The predicted octanol–water partition coefficient (Wildman–Crippen LogP) is 2.17. The van der Waals surface area contributed by atoms with E-state index in [0.717, 1.165) is 5.56 Å². The average molecular weight is 231 g/mol. The number of hydrogen-bond donors (Lipinski definition) is 1. The molecule has 0 aliphatic heterocycles. The van der Waals surface area contributed by atoms with E-state index in [1.807, 2.05) is 25.1 Å². The summed E-state index contributed by atoms with van der Waals surface area (Å²) in [6.45, 7) is 1.98. The van der Waals surface area contributed by atoms with Gasteiger partial charge in [0.05, 0.1) is 7.11 Å². The summed E-state index contributed by atoms with van der Waals surface area (Å²) in [5.74, 6) is 1.81. The lowest BCUT2D eigenvalue weighted by molar-refractivity contribution is 0.374. The van der Waals surface area contributed by atoms with E-state index in [0.29, 0.717) is 17.4 Å². The minimum atomic E-state index is 0.175. The third-order valence-corrected chi connectivity index (χ3v) is 2.18. The maximum atomic E-state index is 5.58. The highest BCUT2D eigenvalue weighted by Gasteiger charge is 2.06. The summed E-state index contributed by atoms with van der Waals surface area (Å²) in [6, 6.07) is 7.28. The van der Waals surface area contributed by atoms with Gasteiger partial charge >= 0.3 is 0 Å². The van der Waals surface area contributed by atoms with E-state index >= 15 is 0 Å². The molecule has 0 radical (unpaired) electrons. The zero-order chi connectivity index (χ0) is 12.3. The van der Waals surface area contributed by atoms with Crippen LogP contribution in [0.3, 0.4) is 0 Å². The van der Waals surface area contributed by atoms with Gasteiger partial charge in [0.2, 0.25) is 11.8 Å². The zero-order valence-electron chi connectivity index (χ0n) is 9.68. The van der Waals surface area contributed by atoms with Crippen molar-refractivity contribution in [3.05, 3.63) is 36.0 Å². The highest BCUT2D eigenvalue weighted by Crippen LogP contribution is 2.31. The maximum absolute atomic E-state index is 5.58. The van der Waals surface area contributed by atoms with Crippen LogP contribution in [0.2, 0.25) is 0 Å². The van der Waals surface area contributed by atoms with Crippen molar-refractivity contribution in [1.29, 1.82) is 0 Å². The number of aromatic nitrogens is 2. The number of nitrogens with two attached hydrogens (primary N) is 1. The van der Waals surface area contributed by atoms with Crippen molar-refractivity contribution in [3.8, 4) is 17.4 Å². The average Bonchev–Trinajstić information content (AvgIpc) is 2.31. The maximum Gasteiger partial charge on any atom is 0.224 e. The summed E-state index contributed by atoms with van der Waals surface area (Å²) in [6.07, 6.45) is 1.54. The number of methoxy groups -OCH3 is 1. The van der Waals surface area contributed by atoms with Gasteiger partial charge in [0.25, 0.3) is 0 Å². The van der Waals surface area contributed by atoms with Gasteiger partial charge in [-0.25, -0.2) is 4.98 Å². The van der Waals surface area contributed by atoms with Crippen LogP contribution in [0.4, 0.5) is 5.95 Å². The van der Waals surface area contributed by atoms with E-state index in [-0.39, 0.29) is 5.95 Å². The van der Waals surface area contributed by atoms with Crippen LogP contribution in [0.1, 0.15) is 5.56 Å². The van der Waals surface area contributed by atoms with Crippen molar-refractivity contribution in [2.45, 2.75) is 6.92 Å². The van der Waals surface area contributed by atoms with Crippen molar-refractivity contribution in [2.24, 2.45) is 0 Å². The van der Waals surface area contributed by atoms with Gasteiger partial charge in [-0.3, -0.25) is 0 Å². The fourth-order valence-corrected chi connectivity index (χ4v) is 1.39. The van der Waals surface area contributed by atoms with E-state index < -0.39 is 0 Å². The molecule has 0 aliphatic carbocycles. The Morgan fingerprint density at radius 2 is 2.00 bits per heavy atom. The Hall–Kier alpha value is -2.30. The summed E-state index contributed by atoms with van der Waals surface area (Å²) in [4.78, 5) is 7.75. The predicted molar refractivity (Wildman–Crippen MR) is 64.2 cm³/mol. The molecule has 0 saturated heterocycles. The molecular formula is C12H13N3O2. The fraction of sp³-hybridized carbons (Fsp3) is 0.167. The molecule has 2 aromatic rings. The molecule has 2 N–H and O–H groups in total. The van der Waals surface area contributed by atoms with Crippen LogP contribution >= 0.6 is 0 Å². The molecule has 0 unspecified atom stereocenters. The molecule has 2 rings (SSSR count). The molecule has 0 saturated carbocycles. The Labute approximate surface area is 99.2 Å². The lowest BCUT2D eigenvalue weighted by Crippen LogP contribution is -1.97. The molecule has 0 spiro atoms. The molecule has 0 bridgehead atoms. The lowest BCUT2D eigenvalue weighted by Gasteiger charge is -2.10. The Kier molecular flexibility index (Phi) is 3.09. The first-order valence-corrected chi connectivity index (χ1v) is 5.10. The molecule has 0 atom stereocenters. The number of benzene rings is 1. The van der Waals surface area contributed by atoms with Crippen molar-refractivity contribution in [3.63, 3.8) is 0 Å². The van der Waals surface area contributed by atoms with Gasteiger partial charge in [0, 0.05) is 12.3 Å². The minimum Gasteiger partial charge on any atom is -0.493 e. The second-order valence-corrected chi connectivity index (χ2v) is 3.51.